The normalized spacial score (nSPS) is 17.7. The molecule has 1 saturated heterocycles. The standard InChI is InChI=1S/C14H24N4O2S/c1-3-16-21(19,20)12-5-6-13(15)14(11-12)18-8-4-7-17(2)9-10-18/h5-6,11,16H,3-4,7-10,15H2,1-2H3. The topological polar surface area (TPSA) is 78.7 Å². The zero-order valence-electron chi connectivity index (χ0n) is 12.7. The number of nitrogens with zero attached hydrogens (tertiary/aromatic N) is 2. The molecule has 1 fully saturated rings. The molecule has 1 aromatic carbocycles. The summed E-state index contributed by atoms with van der Waals surface area (Å²) in [6, 6.07) is 4.91. The highest BCUT2D eigenvalue weighted by Crippen LogP contribution is 2.27. The first-order valence-electron chi connectivity index (χ1n) is 7.26. The second-order valence-electron chi connectivity index (χ2n) is 5.37. The number of nitrogens with one attached hydrogen (secondary N) is 1. The van der Waals surface area contributed by atoms with Crippen LogP contribution in [-0.2, 0) is 10.0 Å². The quantitative estimate of drug-likeness (QED) is 0.801. The minimum Gasteiger partial charge on any atom is -0.397 e. The van der Waals surface area contributed by atoms with Crippen LogP contribution in [0.5, 0.6) is 0 Å². The van der Waals surface area contributed by atoms with Crippen molar-refractivity contribution in [3.8, 4) is 0 Å². The Kier molecular flexibility index (Phi) is 5.08. The van der Waals surface area contributed by atoms with Crippen LogP contribution in [0, 0.1) is 0 Å². The summed E-state index contributed by atoms with van der Waals surface area (Å²) in [6.07, 6.45) is 1.04. The number of nitrogen functional groups attached to an aromatic ring is 1. The lowest BCUT2D eigenvalue weighted by atomic mass is 10.2. The van der Waals surface area contributed by atoms with E-state index >= 15 is 0 Å². The third kappa shape index (κ3) is 3.87. The molecule has 21 heavy (non-hydrogen) atoms. The molecule has 0 unspecified atom stereocenters. The van der Waals surface area contributed by atoms with E-state index in [-0.39, 0.29) is 4.90 Å². The van der Waals surface area contributed by atoms with E-state index < -0.39 is 10.0 Å². The highest BCUT2D eigenvalue weighted by atomic mass is 32.2. The van der Waals surface area contributed by atoms with Crippen LogP contribution in [0.25, 0.3) is 0 Å². The van der Waals surface area contributed by atoms with Gasteiger partial charge in [0.25, 0.3) is 0 Å². The van der Waals surface area contributed by atoms with Crippen LogP contribution in [-0.4, -0.2) is 53.1 Å². The van der Waals surface area contributed by atoms with E-state index in [1.54, 1.807) is 25.1 Å². The van der Waals surface area contributed by atoms with E-state index in [1.165, 1.54) is 0 Å². The molecule has 1 aromatic rings. The van der Waals surface area contributed by atoms with Crippen molar-refractivity contribution in [1.29, 1.82) is 0 Å². The number of hydrogen-bond donors (Lipinski definition) is 2. The maximum absolute atomic E-state index is 12.1. The van der Waals surface area contributed by atoms with Gasteiger partial charge in [-0.05, 0) is 38.2 Å². The maximum Gasteiger partial charge on any atom is 0.240 e. The smallest absolute Gasteiger partial charge is 0.240 e. The molecule has 0 atom stereocenters. The minimum atomic E-state index is -3.45. The van der Waals surface area contributed by atoms with Crippen LogP contribution in [0.1, 0.15) is 13.3 Å². The molecule has 3 N–H and O–H groups in total. The molecule has 0 radical (unpaired) electrons. The average Bonchev–Trinajstić information content (AvgIpc) is 2.64. The lowest BCUT2D eigenvalue weighted by Crippen LogP contribution is -2.30. The molecule has 1 aliphatic heterocycles. The molecule has 2 rings (SSSR count). The van der Waals surface area contributed by atoms with Gasteiger partial charge in [0, 0.05) is 26.2 Å². The molecule has 0 amide bonds. The van der Waals surface area contributed by atoms with Crippen LogP contribution < -0.4 is 15.4 Å². The third-order valence-electron chi connectivity index (χ3n) is 3.71. The maximum atomic E-state index is 12.1. The van der Waals surface area contributed by atoms with Gasteiger partial charge in [0.2, 0.25) is 10.0 Å². The van der Waals surface area contributed by atoms with Gasteiger partial charge >= 0.3 is 0 Å². The predicted octanol–water partition coefficient (Wildman–Crippen LogP) is 0.709. The van der Waals surface area contributed by atoms with Gasteiger partial charge in [0.05, 0.1) is 16.3 Å². The fraction of sp³-hybridized carbons (Fsp3) is 0.571. The number of hydrogen-bond acceptors (Lipinski definition) is 5. The van der Waals surface area contributed by atoms with Crippen molar-refractivity contribution in [2.75, 3.05) is 50.4 Å². The average molecular weight is 312 g/mol. The van der Waals surface area contributed by atoms with E-state index in [9.17, 15) is 8.42 Å². The van der Waals surface area contributed by atoms with Crippen LogP contribution in [0.2, 0.25) is 0 Å². The number of sulfonamides is 1. The molecular formula is C14H24N4O2S. The van der Waals surface area contributed by atoms with E-state index in [4.69, 9.17) is 5.73 Å². The molecule has 6 nitrogen and oxygen atoms in total. The van der Waals surface area contributed by atoms with Crippen LogP contribution in [0.3, 0.4) is 0 Å². The second kappa shape index (κ2) is 6.64. The first-order chi connectivity index (χ1) is 9.94. The number of benzene rings is 1. The summed E-state index contributed by atoms with van der Waals surface area (Å²) in [5.41, 5.74) is 7.48. The molecule has 1 heterocycles. The zero-order valence-corrected chi connectivity index (χ0v) is 13.5. The number of likely N-dealkylation sites (N-methyl/N-ethyl adjacent to an activating group) is 1. The molecule has 0 bridgehead atoms. The van der Waals surface area contributed by atoms with Gasteiger partial charge in [-0.25, -0.2) is 13.1 Å². The van der Waals surface area contributed by atoms with Crippen molar-refractivity contribution in [2.24, 2.45) is 0 Å². The molecule has 118 valence electrons. The molecule has 1 aliphatic rings. The Bertz CT molecular complexity index is 589. The first-order valence-corrected chi connectivity index (χ1v) is 8.75. The SMILES string of the molecule is CCNS(=O)(=O)c1ccc(N)c(N2CCCN(C)CC2)c1. The number of anilines is 2. The zero-order chi connectivity index (χ0) is 15.5. The molecule has 0 aromatic heterocycles. The van der Waals surface area contributed by atoms with E-state index in [0.29, 0.717) is 12.2 Å². The highest BCUT2D eigenvalue weighted by molar-refractivity contribution is 7.89. The summed E-state index contributed by atoms with van der Waals surface area (Å²) >= 11 is 0. The Balaban J connectivity index is 2.31. The van der Waals surface area contributed by atoms with Crippen molar-refractivity contribution in [3.05, 3.63) is 18.2 Å². The van der Waals surface area contributed by atoms with Crippen LogP contribution >= 0.6 is 0 Å². The summed E-state index contributed by atoms with van der Waals surface area (Å²) in [6.45, 7) is 5.87. The summed E-state index contributed by atoms with van der Waals surface area (Å²) in [5, 5.41) is 0. The Labute approximate surface area is 127 Å². The fourth-order valence-electron chi connectivity index (χ4n) is 2.53. The summed E-state index contributed by atoms with van der Waals surface area (Å²) < 4.78 is 26.8. The van der Waals surface area contributed by atoms with Gasteiger partial charge in [-0.1, -0.05) is 6.92 Å². The van der Waals surface area contributed by atoms with Gasteiger partial charge in [-0.3, -0.25) is 0 Å². The molecule has 7 heteroatoms. The van der Waals surface area contributed by atoms with Gasteiger partial charge in [0.15, 0.2) is 0 Å². The summed E-state index contributed by atoms with van der Waals surface area (Å²) in [4.78, 5) is 4.71. The number of rotatable bonds is 4. The van der Waals surface area contributed by atoms with E-state index in [0.717, 1.165) is 38.3 Å². The van der Waals surface area contributed by atoms with E-state index in [1.807, 2.05) is 0 Å². The Morgan fingerprint density at radius 3 is 2.71 bits per heavy atom. The highest BCUT2D eigenvalue weighted by Gasteiger charge is 2.19. The predicted molar refractivity (Wildman–Crippen MR) is 86.0 cm³/mol. The van der Waals surface area contributed by atoms with Crippen molar-refractivity contribution in [1.82, 2.24) is 9.62 Å². The largest absolute Gasteiger partial charge is 0.397 e. The Hall–Kier alpha value is -1.31. The van der Waals surface area contributed by atoms with Crippen molar-refractivity contribution in [2.45, 2.75) is 18.2 Å². The summed E-state index contributed by atoms with van der Waals surface area (Å²) in [5.74, 6) is 0. The van der Waals surface area contributed by atoms with Gasteiger partial charge < -0.3 is 15.5 Å². The second-order valence-corrected chi connectivity index (χ2v) is 7.13. The van der Waals surface area contributed by atoms with Gasteiger partial charge in [-0.2, -0.15) is 0 Å². The summed E-state index contributed by atoms with van der Waals surface area (Å²) in [7, 11) is -1.35. The van der Waals surface area contributed by atoms with E-state index in [2.05, 4.69) is 21.6 Å². The number of nitrogens with two attached hydrogens (primary N) is 1. The van der Waals surface area contributed by atoms with Gasteiger partial charge in [-0.15, -0.1) is 0 Å². The molecule has 0 aliphatic carbocycles. The monoisotopic (exact) mass is 312 g/mol. The lowest BCUT2D eigenvalue weighted by molar-refractivity contribution is 0.360. The third-order valence-corrected chi connectivity index (χ3v) is 5.25. The molecule has 0 saturated carbocycles. The Morgan fingerprint density at radius 1 is 1.24 bits per heavy atom. The minimum absolute atomic E-state index is 0.270. The first kappa shape index (κ1) is 16.1. The van der Waals surface area contributed by atoms with Crippen molar-refractivity contribution >= 4 is 21.4 Å². The van der Waals surface area contributed by atoms with Crippen LogP contribution in [0.15, 0.2) is 23.1 Å². The van der Waals surface area contributed by atoms with Gasteiger partial charge in [0.1, 0.15) is 0 Å². The fourth-order valence-corrected chi connectivity index (χ4v) is 3.59. The van der Waals surface area contributed by atoms with Crippen molar-refractivity contribution < 1.29 is 8.42 Å². The molecular weight excluding hydrogens is 288 g/mol. The van der Waals surface area contributed by atoms with Crippen molar-refractivity contribution in [3.63, 3.8) is 0 Å². The Morgan fingerprint density at radius 2 is 2.00 bits per heavy atom. The van der Waals surface area contributed by atoms with Crippen LogP contribution in [0.4, 0.5) is 11.4 Å². The lowest BCUT2D eigenvalue weighted by Gasteiger charge is -2.25. The molecule has 0 spiro atoms.